The molecule has 1 amide bonds. The molecule has 1 unspecified atom stereocenters. The molecule has 0 aromatic heterocycles. The lowest BCUT2D eigenvalue weighted by molar-refractivity contribution is -0.132. The fourth-order valence-electron chi connectivity index (χ4n) is 1.93. The Morgan fingerprint density at radius 1 is 1.21 bits per heavy atom. The van der Waals surface area contributed by atoms with Gasteiger partial charge in [0.1, 0.15) is 0 Å². The molecule has 4 heteroatoms. The van der Waals surface area contributed by atoms with Crippen molar-refractivity contribution < 1.29 is 9.90 Å². The summed E-state index contributed by atoms with van der Waals surface area (Å²) in [5, 5.41) is 12.2. The average Bonchev–Trinajstić information content (AvgIpc) is 2.46. The number of hydrogen-bond donors (Lipinski definition) is 2. The van der Waals surface area contributed by atoms with Crippen molar-refractivity contribution in [1.82, 2.24) is 10.2 Å². The number of carbonyl (C=O) groups excluding carboxylic acids is 1. The summed E-state index contributed by atoms with van der Waals surface area (Å²) in [5.74, 6) is 0.136. The van der Waals surface area contributed by atoms with Crippen molar-refractivity contribution in [2.45, 2.75) is 40.0 Å². The van der Waals surface area contributed by atoms with Gasteiger partial charge in [0, 0.05) is 19.6 Å². The SMILES string of the molecule is CCN(CC)C(=O)C(C)NCc1ccc(CO)cc1. The molecule has 0 radical (unpaired) electrons. The van der Waals surface area contributed by atoms with Crippen LogP contribution in [0.3, 0.4) is 0 Å². The number of aliphatic hydroxyl groups excluding tert-OH is 1. The van der Waals surface area contributed by atoms with Crippen molar-refractivity contribution in [3.05, 3.63) is 35.4 Å². The number of hydrogen-bond acceptors (Lipinski definition) is 3. The maximum absolute atomic E-state index is 12.1. The predicted molar refractivity (Wildman–Crippen MR) is 76.6 cm³/mol. The van der Waals surface area contributed by atoms with Crippen LogP contribution in [0.5, 0.6) is 0 Å². The molecule has 19 heavy (non-hydrogen) atoms. The van der Waals surface area contributed by atoms with E-state index in [1.807, 2.05) is 49.9 Å². The van der Waals surface area contributed by atoms with Gasteiger partial charge in [-0.3, -0.25) is 4.79 Å². The van der Waals surface area contributed by atoms with E-state index in [0.29, 0.717) is 6.54 Å². The monoisotopic (exact) mass is 264 g/mol. The summed E-state index contributed by atoms with van der Waals surface area (Å²) in [4.78, 5) is 13.9. The van der Waals surface area contributed by atoms with Crippen LogP contribution in [0.2, 0.25) is 0 Å². The molecule has 0 aliphatic heterocycles. The highest BCUT2D eigenvalue weighted by molar-refractivity contribution is 5.81. The maximum atomic E-state index is 12.1. The van der Waals surface area contributed by atoms with Crippen molar-refractivity contribution in [2.75, 3.05) is 13.1 Å². The lowest BCUT2D eigenvalue weighted by Gasteiger charge is -2.23. The molecule has 1 aromatic rings. The fraction of sp³-hybridized carbons (Fsp3) is 0.533. The van der Waals surface area contributed by atoms with Crippen LogP contribution in [0, 0.1) is 0 Å². The minimum absolute atomic E-state index is 0.0601. The van der Waals surface area contributed by atoms with Crippen LogP contribution in [0.4, 0.5) is 0 Å². The maximum Gasteiger partial charge on any atom is 0.239 e. The molecule has 106 valence electrons. The summed E-state index contributed by atoms with van der Waals surface area (Å²) >= 11 is 0. The molecule has 0 aliphatic carbocycles. The predicted octanol–water partition coefficient (Wildman–Crippen LogP) is 1.53. The van der Waals surface area contributed by atoms with E-state index < -0.39 is 0 Å². The topological polar surface area (TPSA) is 52.6 Å². The molecule has 0 saturated heterocycles. The van der Waals surface area contributed by atoms with Gasteiger partial charge in [-0.2, -0.15) is 0 Å². The van der Waals surface area contributed by atoms with Crippen LogP contribution in [0.1, 0.15) is 31.9 Å². The van der Waals surface area contributed by atoms with Gasteiger partial charge >= 0.3 is 0 Å². The molecular formula is C15H24N2O2. The van der Waals surface area contributed by atoms with Crippen molar-refractivity contribution in [3.63, 3.8) is 0 Å². The first-order valence-electron chi connectivity index (χ1n) is 6.83. The largest absolute Gasteiger partial charge is 0.392 e. The Kier molecular flexibility index (Phi) is 6.53. The molecule has 0 aliphatic rings. The molecule has 0 saturated carbocycles. The Morgan fingerprint density at radius 3 is 2.21 bits per heavy atom. The summed E-state index contributed by atoms with van der Waals surface area (Å²) in [7, 11) is 0. The van der Waals surface area contributed by atoms with Gasteiger partial charge in [-0.25, -0.2) is 0 Å². The van der Waals surface area contributed by atoms with Crippen molar-refractivity contribution in [3.8, 4) is 0 Å². The van der Waals surface area contributed by atoms with Crippen LogP contribution in [0.25, 0.3) is 0 Å². The van der Waals surface area contributed by atoms with E-state index in [2.05, 4.69) is 5.32 Å². The molecule has 2 N–H and O–H groups in total. The van der Waals surface area contributed by atoms with E-state index in [1.54, 1.807) is 0 Å². The second-order valence-corrected chi connectivity index (χ2v) is 4.59. The standard InChI is InChI=1S/C15H24N2O2/c1-4-17(5-2)15(19)12(3)16-10-13-6-8-14(11-18)9-7-13/h6-9,12,16,18H,4-5,10-11H2,1-3H3. The Bertz CT molecular complexity index is 386. The van der Waals surface area contributed by atoms with Gasteiger partial charge in [0.2, 0.25) is 5.91 Å². The van der Waals surface area contributed by atoms with Gasteiger partial charge in [0.25, 0.3) is 0 Å². The molecule has 1 aromatic carbocycles. The second-order valence-electron chi connectivity index (χ2n) is 4.59. The van der Waals surface area contributed by atoms with E-state index in [-0.39, 0.29) is 18.6 Å². The van der Waals surface area contributed by atoms with E-state index >= 15 is 0 Å². The summed E-state index contributed by atoms with van der Waals surface area (Å²) in [6.07, 6.45) is 0. The first-order valence-corrected chi connectivity index (χ1v) is 6.83. The van der Waals surface area contributed by atoms with E-state index in [9.17, 15) is 4.79 Å². The van der Waals surface area contributed by atoms with Crippen molar-refractivity contribution in [2.24, 2.45) is 0 Å². The number of likely N-dealkylation sites (N-methyl/N-ethyl adjacent to an activating group) is 1. The molecule has 1 rings (SSSR count). The third-order valence-corrected chi connectivity index (χ3v) is 3.26. The quantitative estimate of drug-likeness (QED) is 0.785. The summed E-state index contributed by atoms with van der Waals surface area (Å²) in [6.45, 7) is 8.07. The van der Waals surface area contributed by atoms with Crippen molar-refractivity contribution >= 4 is 5.91 Å². The normalized spacial score (nSPS) is 12.2. The van der Waals surface area contributed by atoms with E-state index in [4.69, 9.17) is 5.11 Å². The van der Waals surface area contributed by atoms with Crippen molar-refractivity contribution in [1.29, 1.82) is 0 Å². The molecule has 0 spiro atoms. The van der Waals surface area contributed by atoms with Gasteiger partial charge in [0.15, 0.2) is 0 Å². The van der Waals surface area contributed by atoms with Gasteiger partial charge in [-0.05, 0) is 31.9 Å². The Morgan fingerprint density at radius 2 is 1.74 bits per heavy atom. The highest BCUT2D eigenvalue weighted by Crippen LogP contribution is 2.05. The third kappa shape index (κ3) is 4.65. The lowest BCUT2D eigenvalue weighted by Crippen LogP contribution is -2.44. The van der Waals surface area contributed by atoms with Crippen LogP contribution in [-0.4, -0.2) is 35.0 Å². The minimum atomic E-state index is -0.183. The first-order chi connectivity index (χ1) is 9.12. The number of amides is 1. The molecule has 0 bridgehead atoms. The number of aliphatic hydroxyl groups is 1. The number of nitrogens with one attached hydrogen (secondary N) is 1. The Balaban J connectivity index is 2.48. The zero-order valence-electron chi connectivity index (χ0n) is 12.0. The van der Waals surface area contributed by atoms with E-state index in [0.717, 1.165) is 24.2 Å². The zero-order chi connectivity index (χ0) is 14.3. The minimum Gasteiger partial charge on any atom is -0.392 e. The highest BCUT2D eigenvalue weighted by atomic mass is 16.3. The number of carbonyl (C=O) groups is 1. The summed E-state index contributed by atoms with van der Waals surface area (Å²) in [6, 6.07) is 7.54. The van der Waals surface area contributed by atoms with E-state index in [1.165, 1.54) is 0 Å². The third-order valence-electron chi connectivity index (χ3n) is 3.26. The smallest absolute Gasteiger partial charge is 0.239 e. The average molecular weight is 264 g/mol. The van der Waals surface area contributed by atoms with Crippen LogP contribution < -0.4 is 5.32 Å². The fourth-order valence-corrected chi connectivity index (χ4v) is 1.93. The number of rotatable bonds is 7. The number of nitrogens with zero attached hydrogens (tertiary/aromatic N) is 1. The molecule has 0 heterocycles. The highest BCUT2D eigenvalue weighted by Gasteiger charge is 2.17. The molecule has 4 nitrogen and oxygen atoms in total. The lowest BCUT2D eigenvalue weighted by atomic mass is 10.1. The summed E-state index contributed by atoms with van der Waals surface area (Å²) in [5.41, 5.74) is 2.01. The summed E-state index contributed by atoms with van der Waals surface area (Å²) < 4.78 is 0. The molecular weight excluding hydrogens is 240 g/mol. The first kappa shape index (κ1) is 15.7. The van der Waals surface area contributed by atoms with Gasteiger partial charge in [-0.1, -0.05) is 24.3 Å². The number of benzene rings is 1. The van der Waals surface area contributed by atoms with Gasteiger partial charge < -0.3 is 15.3 Å². The Hall–Kier alpha value is -1.39. The van der Waals surface area contributed by atoms with Gasteiger partial charge in [-0.15, -0.1) is 0 Å². The van der Waals surface area contributed by atoms with Crippen LogP contribution >= 0.6 is 0 Å². The van der Waals surface area contributed by atoms with Gasteiger partial charge in [0.05, 0.1) is 12.6 Å². The van der Waals surface area contributed by atoms with Crippen LogP contribution in [-0.2, 0) is 17.9 Å². The molecule has 0 fully saturated rings. The second kappa shape index (κ2) is 7.92. The van der Waals surface area contributed by atoms with Crippen LogP contribution in [0.15, 0.2) is 24.3 Å². The zero-order valence-corrected chi connectivity index (χ0v) is 12.0. The molecule has 1 atom stereocenters. The Labute approximate surface area is 115 Å².